The van der Waals surface area contributed by atoms with Crippen LogP contribution in [0.4, 0.5) is 0 Å². The van der Waals surface area contributed by atoms with Gasteiger partial charge in [-0.2, -0.15) is 0 Å². The lowest BCUT2D eigenvalue weighted by molar-refractivity contribution is 0.545. The second kappa shape index (κ2) is 2.00. The van der Waals surface area contributed by atoms with E-state index in [9.17, 15) is 8.42 Å². The van der Waals surface area contributed by atoms with E-state index in [4.69, 9.17) is 0 Å². The van der Waals surface area contributed by atoms with Crippen molar-refractivity contribution in [2.75, 3.05) is 0 Å². The van der Waals surface area contributed by atoms with Crippen molar-refractivity contribution in [3.8, 4) is 0 Å². The van der Waals surface area contributed by atoms with Crippen LogP contribution in [0.15, 0.2) is 0 Å². The Hall–Kier alpha value is -0.0500. The molecule has 0 radical (unpaired) electrons. The van der Waals surface area contributed by atoms with Gasteiger partial charge in [0.25, 0.3) is 0 Å². The first kappa shape index (κ1) is 9.04. The van der Waals surface area contributed by atoms with Crippen LogP contribution >= 0.6 is 0 Å². The van der Waals surface area contributed by atoms with E-state index < -0.39 is 19.3 Å². The van der Waals surface area contributed by atoms with Gasteiger partial charge in [0, 0.05) is 0 Å². The molecule has 0 heterocycles. The topological polar surface area (TPSA) is 34.1 Å². The molecule has 0 amide bonds. The van der Waals surface area contributed by atoms with Gasteiger partial charge in [-0.05, 0) is 40.5 Å². The summed E-state index contributed by atoms with van der Waals surface area (Å²) < 4.78 is 22.5. The smallest absolute Gasteiger partial charge is 0.160 e. The number of hydrogen-bond acceptors (Lipinski definition) is 2. The monoisotopic (exact) mass is 176 g/mol. The molecule has 0 aromatic heterocycles. The minimum Gasteiger partial charge on any atom is -0.228 e. The predicted octanol–water partition coefficient (Wildman–Crippen LogP) is 1.75. The molecule has 3 heteroatoms. The van der Waals surface area contributed by atoms with Crippen LogP contribution in [0.5, 0.6) is 0 Å². The Kier molecular flexibility index (Phi) is 1.65. The van der Waals surface area contributed by atoms with E-state index in [0.717, 1.165) is 12.8 Å². The van der Waals surface area contributed by atoms with Gasteiger partial charge in [0.05, 0.1) is 9.49 Å². The normalized spacial score (nSPS) is 23.3. The molecule has 0 aromatic carbocycles. The summed E-state index contributed by atoms with van der Waals surface area (Å²) in [5.74, 6) is 0. The van der Waals surface area contributed by atoms with Crippen molar-refractivity contribution in [1.29, 1.82) is 0 Å². The van der Waals surface area contributed by atoms with Gasteiger partial charge >= 0.3 is 0 Å². The summed E-state index contributed by atoms with van der Waals surface area (Å²) in [6, 6.07) is 0. The van der Waals surface area contributed by atoms with Gasteiger partial charge in [-0.15, -0.1) is 0 Å². The lowest BCUT2D eigenvalue weighted by atomic mass is 10.3. The molecular weight excluding hydrogens is 160 g/mol. The first-order valence-electron chi connectivity index (χ1n) is 3.95. The Bertz CT molecular complexity index is 241. The highest BCUT2D eigenvalue weighted by Crippen LogP contribution is 2.47. The summed E-state index contributed by atoms with van der Waals surface area (Å²) in [4.78, 5) is 0. The Labute approximate surface area is 68.9 Å². The van der Waals surface area contributed by atoms with Gasteiger partial charge in [-0.3, -0.25) is 0 Å². The second-order valence-electron chi connectivity index (χ2n) is 4.57. The maximum atomic E-state index is 11.7. The number of rotatable bonds is 1. The Morgan fingerprint density at radius 1 is 1.18 bits per heavy atom. The van der Waals surface area contributed by atoms with Crippen molar-refractivity contribution < 1.29 is 8.42 Å². The van der Waals surface area contributed by atoms with Crippen LogP contribution in [0.3, 0.4) is 0 Å². The minimum atomic E-state index is -2.90. The molecule has 66 valence electrons. The minimum absolute atomic E-state index is 0.398. The van der Waals surface area contributed by atoms with Crippen LogP contribution in [0.2, 0.25) is 0 Å². The van der Waals surface area contributed by atoms with Crippen LogP contribution in [0.1, 0.15) is 40.5 Å². The third kappa shape index (κ3) is 1.19. The van der Waals surface area contributed by atoms with E-state index in [-0.39, 0.29) is 0 Å². The van der Waals surface area contributed by atoms with Crippen molar-refractivity contribution in [3.63, 3.8) is 0 Å². The average Bonchev–Trinajstić information content (AvgIpc) is 2.45. The molecule has 0 N–H and O–H groups in total. The SMILES string of the molecule is CC(C)(C)S(=O)(=O)C1(C)CC1. The predicted molar refractivity (Wildman–Crippen MR) is 46.3 cm³/mol. The van der Waals surface area contributed by atoms with Gasteiger partial charge in [0.1, 0.15) is 0 Å². The fraction of sp³-hybridized carbons (Fsp3) is 1.00. The zero-order valence-electron chi connectivity index (χ0n) is 7.64. The molecule has 0 atom stereocenters. The standard InChI is InChI=1S/C8H16O2S/c1-7(2,3)11(9,10)8(4)5-6-8/h5-6H2,1-4H3. The van der Waals surface area contributed by atoms with Crippen LogP contribution in [0, 0.1) is 0 Å². The maximum absolute atomic E-state index is 11.7. The third-order valence-electron chi connectivity index (χ3n) is 2.41. The number of sulfone groups is 1. The number of hydrogen-bond donors (Lipinski definition) is 0. The Balaban J connectivity index is 3.03. The molecule has 11 heavy (non-hydrogen) atoms. The highest BCUT2D eigenvalue weighted by molar-refractivity contribution is 7.94. The molecule has 1 fully saturated rings. The van der Waals surface area contributed by atoms with Crippen LogP contribution < -0.4 is 0 Å². The molecule has 0 bridgehead atoms. The molecule has 0 unspecified atom stereocenters. The zero-order valence-corrected chi connectivity index (χ0v) is 8.46. The van der Waals surface area contributed by atoms with E-state index >= 15 is 0 Å². The van der Waals surface area contributed by atoms with E-state index in [1.807, 2.05) is 6.92 Å². The summed E-state index contributed by atoms with van der Waals surface area (Å²) in [5.41, 5.74) is 0. The lowest BCUT2D eigenvalue weighted by Crippen LogP contribution is -2.37. The molecule has 1 aliphatic carbocycles. The Morgan fingerprint density at radius 3 is 1.64 bits per heavy atom. The molecule has 0 aromatic rings. The zero-order chi connectivity index (χ0) is 8.91. The molecule has 0 aliphatic heterocycles. The maximum Gasteiger partial charge on any atom is 0.160 e. The summed E-state index contributed by atoms with van der Waals surface area (Å²) in [5, 5.41) is 0. The molecule has 1 rings (SSSR count). The third-order valence-corrected chi connectivity index (χ3v) is 5.73. The van der Waals surface area contributed by atoms with Crippen molar-refractivity contribution >= 4 is 9.84 Å². The highest BCUT2D eigenvalue weighted by atomic mass is 32.2. The van der Waals surface area contributed by atoms with Crippen LogP contribution in [-0.2, 0) is 9.84 Å². The summed E-state index contributed by atoms with van der Waals surface area (Å²) >= 11 is 0. The van der Waals surface area contributed by atoms with Crippen LogP contribution in [0.25, 0.3) is 0 Å². The average molecular weight is 176 g/mol. The van der Waals surface area contributed by atoms with Gasteiger partial charge < -0.3 is 0 Å². The highest BCUT2D eigenvalue weighted by Gasteiger charge is 2.54. The largest absolute Gasteiger partial charge is 0.228 e. The molecule has 2 nitrogen and oxygen atoms in total. The van der Waals surface area contributed by atoms with Crippen molar-refractivity contribution in [3.05, 3.63) is 0 Å². The summed E-state index contributed by atoms with van der Waals surface area (Å²) in [6.45, 7) is 7.15. The molecular formula is C8H16O2S. The van der Waals surface area contributed by atoms with Crippen molar-refractivity contribution in [2.45, 2.75) is 50.0 Å². The van der Waals surface area contributed by atoms with E-state index in [2.05, 4.69) is 0 Å². The van der Waals surface area contributed by atoms with Gasteiger partial charge in [0.2, 0.25) is 0 Å². The van der Waals surface area contributed by atoms with Crippen molar-refractivity contribution in [2.24, 2.45) is 0 Å². The van der Waals surface area contributed by atoms with Crippen molar-refractivity contribution in [1.82, 2.24) is 0 Å². The van der Waals surface area contributed by atoms with Gasteiger partial charge in [0.15, 0.2) is 9.84 Å². The van der Waals surface area contributed by atoms with Gasteiger partial charge in [-0.1, -0.05) is 0 Å². The van der Waals surface area contributed by atoms with Crippen LogP contribution in [-0.4, -0.2) is 17.9 Å². The first-order chi connectivity index (χ1) is 4.71. The molecule has 1 aliphatic rings. The summed E-state index contributed by atoms with van der Waals surface area (Å²) in [6.07, 6.45) is 1.68. The molecule has 0 spiro atoms. The molecule has 0 saturated heterocycles. The van der Waals surface area contributed by atoms with Gasteiger partial charge in [-0.25, -0.2) is 8.42 Å². The summed E-state index contributed by atoms with van der Waals surface area (Å²) in [7, 11) is -2.90. The second-order valence-corrected chi connectivity index (χ2v) is 7.78. The quantitative estimate of drug-likeness (QED) is 0.610. The fourth-order valence-corrected chi connectivity index (χ4v) is 3.30. The first-order valence-corrected chi connectivity index (χ1v) is 5.43. The van der Waals surface area contributed by atoms with E-state index in [0.29, 0.717) is 0 Å². The molecule has 1 saturated carbocycles. The van der Waals surface area contributed by atoms with E-state index in [1.165, 1.54) is 0 Å². The lowest BCUT2D eigenvalue weighted by Gasteiger charge is -2.23. The fourth-order valence-electron chi connectivity index (χ4n) is 1.18. The van der Waals surface area contributed by atoms with E-state index in [1.54, 1.807) is 20.8 Å². The Morgan fingerprint density at radius 2 is 1.55 bits per heavy atom.